The minimum atomic E-state index is 0.128. The maximum atomic E-state index is 12.6. The average molecular weight is 371 g/mol. The van der Waals surface area contributed by atoms with E-state index in [2.05, 4.69) is 10.6 Å². The lowest BCUT2D eigenvalue weighted by Gasteiger charge is -2.35. The molecule has 0 aromatic carbocycles. The fourth-order valence-corrected chi connectivity index (χ4v) is 6.21. The highest BCUT2D eigenvalue weighted by Gasteiger charge is 2.32. The summed E-state index contributed by atoms with van der Waals surface area (Å²) in [6.07, 6.45) is 8.30. The van der Waals surface area contributed by atoms with Crippen molar-refractivity contribution in [1.29, 1.82) is 0 Å². The van der Waals surface area contributed by atoms with E-state index in [-0.39, 0.29) is 35.7 Å². The highest BCUT2D eigenvalue weighted by Crippen LogP contribution is 2.26. The van der Waals surface area contributed by atoms with Gasteiger partial charge < -0.3 is 10.6 Å². The molecule has 0 bridgehead atoms. The number of hydrogen-bond acceptors (Lipinski definition) is 4. The number of hydrogen-bond donors (Lipinski definition) is 2. The van der Waals surface area contributed by atoms with Crippen LogP contribution in [0.25, 0.3) is 0 Å². The van der Waals surface area contributed by atoms with Gasteiger partial charge in [0.25, 0.3) is 0 Å². The van der Waals surface area contributed by atoms with Gasteiger partial charge in [-0.1, -0.05) is 12.8 Å². The number of carbonyl (C=O) groups is 2. The highest BCUT2D eigenvalue weighted by atomic mass is 32.2. The van der Waals surface area contributed by atoms with Crippen LogP contribution >= 0.6 is 23.5 Å². The molecule has 4 nitrogen and oxygen atoms in total. The molecular weight excluding hydrogens is 340 g/mol. The van der Waals surface area contributed by atoms with E-state index in [1.54, 1.807) is 0 Å². The van der Waals surface area contributed by atoms with Crippen LogP contribution in [0.5, 0.6) is 0 Å². The Hall–Kier alpha value is -0.360. The normalized spacial score (nSPS) is 29.8. The molecule has 1 aliphatic carbocycles. The Morgan fingerprint density at radius 2 is 1.00 bits per heavy atom. The summed E-state index contributed by atoms with van der Waals surface area (Å²) in [5.41, 5.74) is 0. The lowest BCUT2D eigenvalue weighted by Crippen LogP contribution is -2.55. The van der Waals surface area contributed by atoms with Crippen molar-refractivity contribution in [2.45, 2.75) is 63.5 Å². The van der Waals surface area contributed by atoms with Crippen LogP contribution in [0.15, 0.2) is 0 Å². The fraction of sp³-hybridized carbons (Fsp3) is 0.889. The van der Waals surface area contributed by atoms with Gasteiger partial charge in [-0.15, -0.1) is 0 Å². The van der Waals surface area contributed by atoms with E-state index >= 15 is 0 Å². The molecule has 2 aliphatic heterocycles. The SMILES string of the molecule is O=C(NC1CCCCC1NC(=O)C1CCSCC1)C1CCSCC1. The summed E-state index contributed by atoms with van der Waals surface area (Å²) in [7, 11) is 0. The minimum absolute atomic E-state index is 0.128. The first-order valence-corrected chi connectivity index (χ1v) is 11.8. The van der Waals surface area contributed by atoms with Gasteiger partial charge in [0.15, 0.2) is 0 Å². The summed E-state index contributed by atoms with van der Waals surface area (Å²) >= 11 is 3.90. The second-order valence-electron chi connectivity index (χ2n) is 7.29. The Labute approximate surface area is 154 Å². The van der Waals surface area contributed by atoms with Crippen molar-refractivity contribution in [3.05, 3.63) is 0 Å². The predicted octanol–water partition coefficient (Wildman–Crippen LogP) is 2.82. The molecule has 3 aliphatic rings. The third-order valence-corrected chi connectivity index (χ3v) is 7.70. The highest BCUT2D eigenvalue weighted by molar-refractivity contribution is 7.99. The smallest absolute Gasteiger partial charge is 0.223 e. The molecule has 0 aromatic heterocycles. The Morgan fingerprint density at radius 3 is 1.38 bits per heavy atom. The molecule has 1 saturated carbocycles. The van der Waals surface area contributed by atoms with Crippen molar-refractivity contribution in [2.75, 3.05) is 23.0 Å². The van der Waals surface area contributed by atoms with Crippen molar-refractivity contribution in [2.24, 2.45) is 11.8 Å². The number of thioether (sulfide) groups is 2. The molecule has 2 heterocycles. The minimum Gasteiger partial charge on any atom is -0.351 e. The van der Waals surface area contributed by atoms with Gasteiger partial charge in [0, 0.05) is 23.9 Å². The largest absolute Gasteiger partial charge is 0.351 e. The van der Waals surface area contributed by atoms with Crippen LogP contribution in [0, 0.1) is 11.8 Å². The Morgan fingerprint density at radius 1 is 0.625 bits per heavy atom. The van der Waals surface area contributed by atoms with Crippen LogP contribution in [-0.2, 0) is 9.59 Å². The summed E-state index contributed by atoms with van der Waals surface area (Å²) in [6.45, 7) is 0. The van der Waals surface area contributed by atoms with E-state index in [0.717, 1.165) is 74.4 Å². The van der Waals surface area contributed by atoms with Gasteiger partial charge in [-0.05, 0) is 61.5 Å². The summed E-state index contributed by atoms with van der Waals surface area (Å²) in [5.74, 6) is 5.20. The van der Waals surface area contributed by atoms with Gasteiger partial charge in [0.2, 0.25) is 11.8 Å². The topological polar surface area (TPSA) is 58.2 Å². The van der Waals surface area contributed by atoms with Gasteiger partial charge in [-0.25, -0.2) is 0 Å². The monoisotopic (exact) mass is 370 g/mol. The maximum Gasteiger partial charge on any atom is 0.223 e. The molecule has 0 aromatic rings. The van der Waals surface area contributed by atoms with Crippen molar-refractivity contribution in [1.82, 2.24) is 10.6 Å². The lowest BCUT2D eigenvalue weighted by molar-refractivity contribution is -0.129. The van der Waals surface area contributed by atoms with E-state index in [1.165, 1.54) is 0 Å². The van der Waals surface area contributed by atoms with Crippen LogP contribution in [-0.4, -0.2) is 46.9 Å². The molecule has 136 valence electrons. The molecular formula is C18H30N2O2S2. The Kier molecular flexibility index (Phi) is 7.20. The Balaban J connectivity index is 1.52. The van der Waals surface area contributed by atoms with Crippen LogP contribution in [0.1, 0.15) is 51.4 Å². The number of rotatable bonds is 4. The van der Waals surface area contributed by atoms with Crippen LogP contribution in [0.3, 0.4) is 0 Å². The second kappa shape index (κ2) is 9.37. The maximum absolute atomic E-state index is 12.6. The molecule has 2 saturated heterocycles. The fourth-order valence-electron chi connectivity index (χ4n) is 4.00. The van der Waals surface area contributed by atoms with E-state index in [4.69, 9.17) is 0 Å². The van der Waals surface area contributed by atoms with Crippen molar-refractivity contribution >= 4 is 35.3 Å². The summed E-state index contributed by atoms with van der Waals surface area (Å²) in [4.78, 5) is 25.1. The van der Waals surface area contributed by atoms with Gasteiger partial charge in [-0.2, -0.15) is 23.5 Å². The van der Waals surface area contributed by atoms with Gasteiger partial charge in [-0.3, -0.25) is 9.59 Å². The first-order valence-electron chi connectivity index (χ1n) is 9.50. The third kappa shape index (κ3) is 5.07. The lowest BCUT2D eigenvalue weighted by atomic mass is 9.88. The zero-order valence-corrected chi connectivity index (χ0v) is 16.1. The van der Waals surface area contributed by atoms with Crippen molar-refractivity contribution in [3.8, 4) is 0 Å². The van der Waals surface area contributed by atoms with Crippen molar-refractivity contribution < 1.29 is 9.59 Å². The molecule has 6 heteroatoms. The predicted molar refractivity (Wildman–Crippen MR) is 102 cm³/mol. The van der Waals surface area contributed by atoms with E-state index in [0.29, 0.717) is 0 Å². The van der Waals surface area contributed by atoms with Gasteiger partial charge in [0.1, 0.15) is 0 Å². The van der Waals surface area contributed by atoms with Crippen molar-refractivity contribution in [3.63, 3.8) is 0 Å². The molecule has 2 atom stereocenters. The van der Waals surface area contributed by atoms with E-state index in [9.17, 15) is 9.59 Å². The summed E-state index contributed by atoms with van der Waals surface area (Å²) in [6, 6.07) is 0.255. The van der Waals surface area contributed by atoms with Crippen LogP contribution < -0.4 is 10.6 Å². The quantitative estimate of drug-likeness (QED) is 0.799. The van der Waals surface area contributed by atoms with E-state index < -0.39 is 0 Å². The van der Waals surface area contributed by atoms with Crippen LogP contribution in [0.2, 0.25) is 0 Å². The zero-order valence-electron chi connectivity index (χ0n) is 14.4. The average Bonchev–Trinajstić information content (AvgIpc) is 2.64. The first kappa shape index (κ1) is 18.4. The summed E-state index contributed by atoms with van der Waals surface area (Å²) in [5, 5.41) is 6.56. The third-order valence-electron chi connectivity index (χ3n) is 5.61. The number of amides is 2. The first-order chi connectivity index (χ1) is 11.7. The van der Waals surface area contributed by atoms with Gasteiger partial charge in [0.05, 0.1) is 0 Å². The standard InChI is InChI=1S/C18H30N2O2S2/c21-17(13-5-9-23-10-6-13)19-15-3-1-2-4-16(15)20-18(22)14-7-11-24-12-8-14/h13-16H,1-12H2,(H,19,21)(H,20,22). The Bertz CT molecular complexity index is 395. The molecule has 0 radical (unpaired) electrons. The molecule has 0 spiro atoms. The summed E-state index contributed by atoms with van der Waals surface area (Å²) < 4.78 is 0. The second-order valence-corrected chi connectivity index (χ2v) is 9.74. The number of nitrogens with one attached hydrogen (secondary N) is 2. The van der Waals surface area contributed by atoms with Crippen LogP contribution in [0.4, 0.5) is 0 Å². The molecule has 3 rings (SSSR count). The zero-order chi connectivity index (χ0) is 16.8. The molecule has 3 fully saturated rings. The molecule has 24 heavy (non-hydrogen) atoms. The molecule has 2 unspecified atom stereocenters. The number of carbonyl (C=O) groups excluding carboxylic acids is 2. The molecule has 2 amide bonds. The molecule has 2 N–H and O–H groups in total. The van der Waals surface area contributed by atoms with Gasteiger partial charge >= 0.3 is 0 Å². The van der Waals surface area contributed by atoms with E-state index in [1.807, 2.05) is 23.5 Å².